The van der Waals surface area contributed by atoms with Gasteiger partial charge in [-0.15, -0.1) is 0 Å². The topological polar surface area (TPSA) is 123 Å². The fourth-order valence-corrected chi connectivity index (χ4v) is 2.42. The Morgan fingerprint density at radius 1 is 1.37 bits per heavy atom. The van der Waals surface area contributed by atoms with Crippen LogP contribution in [0.3, 0.4) is 0 Å². The third-order valence-corrected chi connectivity index (χ3v) is 3.39. The summed E-state index contributed by atoms with van der Waals surface area (Å²) in [4.78, 5) is 13.9. The average molecular weight is 287 g/mol. The van der Waals surface area contributed by atoms with Crippen LogP contribution in [0.5, 0.6) is 0 Å². The van der Waals surface area contributed by atoms with Crippen molar-refractivity contribution in [3.05, 3.63) is 45.8 Å². The summed E-state index contributed by atoms with van der Waals surface area (Å²) in [6, 6.07) is 2.81. The van der Waals surface area contributed by atoms with Gasteiger partial charge in [0, 0.05) is 16.0 Å². The molecule has 1 aromatic carbocycles. The van der Waals surface area contributed by atoms with Gasteiger partial charge in [0.05, 0.1) is 4.90 Å². The summed E-state index contributed by atoms with van der Waals surface area (Å²) in [6.45, 7) is 0. The summed E-state index contributed by atoms with van der Waals surface area (Å²) in [5.41, 5.74) is 8.40. The minimum absolute atomic E-state index is 0. The number of azide groups is 1. The zero-order valence-corrected chi connectivity index (χ0v) is 12.7. The second-order valence-electron chi connectivity index (χ2n) is 3.54. The summed E-state index contributed by atoms with van der Waals surface area (Å²) in [5, 5.41) is 3.27. The number of ketones is 1. The maximum atomic E-state index is 11.9. The molecule has 0 saturated carbocycles. The Morgan fingerprint density at radius 2 is 2.05 bits per heavy atom. The van der Waals surface area contributed by atoms with Gasteiger partial charge in [0.15, 0.2) is 5.78 Å². The van der Waals surface area contributed by atoms with E-state index in [1.54, 1.807) is 0 Å². The largest absolute Gasteiger partial charge is 1.00 e. The molecule has 2 rings (SSSR count). The molecule has 0 saturated heterocycles. The zero-order chi connectivity index (χ0) is 13.3. The second kappa shape index (κ2) is 5.87. The van der Waals surface area contributed by atoms with Gasteiger partial charge in [-0.2, -0.15) is 0 Å². The van der Waals surface area contributed by atoms with E-state index in [9.17, 15) is 17.8 Å². The van der Waals surface area contributed by atoms with E-state index in [1.165, 1.54) is 24.3 Å². The van der Waals surface area contributed by atoms with Crippen molar-refractivity contribution in [1.29, 1.82) is 0 Å². The van der Waals surface area contributed by atoms with E-state index >= 15 is 0 Å². The smallest absolute Gasteiger partial charge is 0.744 e. The molecular formula is C10H6N3NaO4S. The molecule has 0 aromatic heterocycles. The summed E-state index contributed by atoms with van der Waals surface area (Å²) < 4.78 is 33.1. The molecule has 0 N–H and O–H groups in total. The predicted molar refractivity (Wildman–Crippen MR) is 60.7 cm³/mol. The van der Waals surface area contributed by atoms with Crippen LogP contribution in [0.15, 0.2) is 34.3 Å². The van der Waals surface area contributed by atoms with Gasteiger partial charge in [0.1, 0.15) is 16.2 Å². The van der Waals surface area contributed by atoms with Crippen LogP contribution in [0.1, 0.15) is 15.9 Å². The monoisotopic (exact) mass is 287 g/mol. The fraction of sp³-hybridized carbons (Fsp3) is 0.100. The first-order valence-corrected chi connectivity index (χ1v) is 6.21. The van der Waals surface area contributed by atoms with Crippen LogP contribution in [0.2, 0.25) is 0 Å². The van der Waals surface area contributed by atoms with E-state index in [1.807, 2.05) is 0 Å². The van der Waals surface area contributed by atoms with Crippen LogP contribution in [-0.2, 0) is 10.1 Å². The molecule has 0 bridgehead atoms. The van der Waals surface area contributed by atoms with Crippen molar-refractivity contribution >= 4 is 22.0 Å². The van der Waals surface area contributed by atoms with Crippen LogP contribution < -0.4 is 29.6 Å². The van der Waals surface area contributed by atoms with Crippen LogP contribution in [0.4, 0.5) is 0 Å². The van der Waals surface area contributed by atoms with Gasteiger partial charge in [-0.1, -0.05) is 29.4 Å². The molecule has 1 unspecified atom stereocenters. The Labute approximate surface area is 131 Å². The third kappa shape index (κ3) is 3.06. The van der Waals surface area contributed by atoms with Crippen LogP contribution in [0, 0.1) is 0 Å². The minimum Gasteiger partial charge on any atom is -0.744 e. The quantitative estimate of drug-likeness (QED) is 0.215. The molecule has 1 aromatic rings. The van der Waals surface area contributed by atoms with E-state index in [0.717, 1.165) is 6.07 Å². The molecule has 1 aliphatic carbocycles. The van der Waals surface area contributed by atoms with Gasteiger partial charge < -0.3 is 4.55 Å². The molecule has 19 heavy (non-hydrogen) atoms. The van der Waals surface area contributed by atoms with Crippen molar-refractivity contribution in [3.8, 4) is 0 Å². The first-order chi connectivity index (χ1) is 8.45. The minimum atomic E-state index is -4.65. The number of Topliss-reactive ketones (excluding diaryl/α,β-unsaturated/α-hetero) is 1. The van der Waals surface area contributed by atoms with Crippen LogP contribution in [0.25, 0.3) is 16.5 Å². The van der Waals surface area contributed by atoms with Crippen molar-refractivity contribution in [2.24, 2.45) is 5.11 Å². The Balaban J connectivity index is 0.00000180. The maximum Gasteiger partial charge on any atom is 1.00 e. The van der Waals surface area contributed by atoms with Gasteiger partial charge in [-0.25, -0.2) is 8.42 Å². The molecule has 1 atom stereocenters. The number of benzene rings is 1. The molecule has 0 aliphatic heterocycles. The molecule has 0 amide bonds. The Morgan fingerprint density at radius 3 is 2.63 bits per heavy atom. The fourth-order valence-electron chi connectivity index (χ4n) is 1.73. The number of hydrogen-bond donors (Lipinski definition) is 0. The number of fused-ring (bicyclic) bond motifs is 1. The van der Waals surface area contributed by atoms with Crippen LogP contribution in [-0.4, -0.2) is 24.8 Å². The number of hydrogen-bond acceptors (Lipinski definition) is 5. The molecule has 1 aliphatic rings. The van der Waals surface area contributed by atoms with E-state index in [2.05, 4.69) is 10.0 Å². The van der Waals surface area contributed by atoms with E-state index in [0.29, 0.717) is 0 Å². The molecule has 0 heterocycles. The molecular weight excluding hydrogens is 281 g/mol. The van der Waals surface area contributed by atoms with Crippen molar-refractivity contribution in [3.63, 3.8) is 0 Å². The maximum absolute atomic E-state index is 11.9. The Bertz CT molecular complexity index is 707. The van der Waals surface area contributed by atoms with Crippen molar-refractivity contribution < 1.29 is 47.3 Å². The van der Waals surface area contributed by atoms with Gasteiger partial charge in [0.25, 0.3) is 0 Å². The first-order valence-electron chi connectivity index (χ1n) is 4.80. The van der Waals surface area contributed by atoms with E-state index in [4.69, 9.17) is 5.53 Å². The zero-order valence-electron chi connectivity index (χ0n) is 9.85. The van der Waals surface area contributed by atoms with Gasteiger partial charge >= 0.3 is 29.6 Å². The second-order valence-corrected chi connectivity index (χ2v) is 4.89. The SMILES string of the molecule is [N-]=[N+]=NC1C=Cc2c(cccc2S(=O)(=O)[O-])C1=O.[Na+]. The number of carbonyl (C=O) groups is 1. The van der Waals surface area contributed by atoms with Crippen molar-refractivity contribution in [1.82, 2.24) is 0 Å². The van der Waals surface area contributed by atoms with E-state index < -0.39 is 26.8 Å². The Hall–Kier alpha value is -1.15. The van der Waals surface area contributed by atoms with Gasteiger partial charge in [-0.3, -0.25) is 4.79 Å². The van der Waals surface area contributed by atoms with E-state index in [-0.39, 0.29) is 40.7 Å². The summed E-state index contributed by atoms with van der Waals surface area (Å²) >= 11 is 0. The number of nitrogens with zero attached hydrogens (tertiary/aromatic N) is 3. The van der Waals surface area contributed by atoms with Gasteiger partial charge in [0.2, 0.25) is 0 Å². The molecule has 92 valence electrons. The van der Waals surface area contributed by atoms with Crippen molar-refractivity contribution in [2.75, 3.05) is 0 Å². The van der Waals surface area contributed by atoms with Crippen molar-refractivity contribution in [2.45, 2.75) is 10.9 Å². The molecule has 0 spiro atoms. The van der Waals surface area contributed by atoms with Crippen LogP contribution >= 0.6 is 0 Å². The molecule has 0 fully saturated rings. The summed E-state index contributed by atoms with van der Waals surface area (Å²) in [5.74, 6) is -0.532. The Kier molecular flexibility index (Phi) is 4.92. The normalized spacial score (nSPS) is 17.1. The predicted octanol–water partition coefficient (Wildman–Crippen LogP) is -1.52. The standard InChI is InChI=1S/C10H7N3O4S.Na/c11-13-12-8-5-4-6-7(10(8)14)2-1-3-9(6)18(15,16)17;/h1-5,8H,(H,15,16,17);/q;+1/p-1. The summed E-state index contributed by atoms with van der Waals surface area (Å²) in [7, 11) is -4.65. The molecule has 9 heteroatoms. The number of rotatable bonds is 2. The number of carbonyl (C=O) groups excluding carboxylic acids is 1. The average Bonchev–Trinajstić information content (AvgIpc) is 2.31. The summed E-state index contributed by atoms with van der Waals surface area (Å²) in [6.07, 6.45) is 2.57. The molecule has 0 radical (unpaired) electrons. The first kappa shape index (κ1) is 15.9. The van der Waals surface area contributed by atoms with Gasteiger partial charge in [-0.05, 0) is 11.6 Å². The molecule has 7 nitrogen and oxygen atoms in total. The third-order valence-electron chi connectivity index (χ3n) is 2.49.